The largest absolute Gasteiger partial charge is 0.481 e. The number of hydrazine groups is 1. The average Bonchev–Trinajstić information content (AvgIpc) is 2.29. The Morgan fingerprint density at radius 2 is 1.83 bits per heavy atom. The smallest absolute Gasteiger partial charge is 0.322 e. The summed E-state index contributed by atoms with van der Waals surface area (Å²) in [6.07, 6.45) is -0.243. The Balaban J connectivity index is 2.62. The Labute approximate surface area is 105 Å². The van der Waals surface area contributed by atoms with Crippen LogP contribution in [0.1, 0.15) is 18.4 Å². The number of rotatable bonds is 7. The summed E-state index contributed by atoms with van der Waals surface area (Å²) in [6, 6.07) is 8.17. The first kappa shape index (κ1) is 14.1. The highest BCUT2D eigenvalue weighted by atomic mass is 16.4. The molecule has 4 N–H and O–H groups in total. The van der Waals surface area contributed by atoms with Crippen LogP contribution in [0, 0.1) is 0 Å². The van der Waals surface area contributed by atoms with Crippen LogP contribution in [-0.2, 0) is 16.1 Å². The van der Waals surface area contributed by atoms with Gasteiger partial charge in [0.25, 0.3) is 0 Å². The van der Waals surface area contributed by atoms with E-state index in [1.807, 2.05) is 30.3 Å². The van der Waals surface area contributed by atoms with Gasteiger partial charge >= 0.3 is 11.9 Å². The third-order valence-corrected chi connectivity index (χ3v) is 2.53. The van der Waals surface area contributed by atoms with Gasteiger partial charge in [-0.2, -0.15) is 0 Å². The van der Waals surface area contributed by atoms with Crippen molar-refractivity contribution < 1.29 is 19.8 Å². The lowest BCUT2D eigenvalue weighted by Gasteiger charge is -2.23. The molecule has 0 aliphatic heterocycles. The molecule has 0 bridgehead atoms. The lowest BCUT2D eigenvalue weighted by Crippen LogP contribution is -2.45. The van der Waals surface area contributed by atoms with Crippen LogP contribution in [0.4, 0.5) is 0 Å². The predicted molar refractivity (Wildman–Crippen MR) is 64.5 cm³/mol. The molecular formula is C12H16N2O4. The molecule has 0 aliphatic carbocycles. The van der Waals surface area contributed by atoms with Gasteiger partial charge in [-0.1, -0.05) is 30.3 Å². The van der Waals surface area contributed by atoms with E-state index in [9.17, 15) is 9.59 Å². The first-order chi connectivity index (χ1) is 8.50. The van der Waals surface area contributed by atoms with Crippen molar-refractivity contribution in [2.75, 3.05) is 0 Å². The summed E-state index contributed by atoms with van der Waals surface area (Å²) in [7, 11) is 0. The minimum absolute atomic E-state index is 0.0198. The second-order valence-electron chi connectivity index (χ2n) is 3.94. The summed E-state index contributed by atoms with van der Waals surface area (Å²) in [4.78, 5) is 21.5. The SMILES string of the molecule is NN(Cc1ccccc1)C(CCC(=O)O)C(=O)O. The normalized spacial score (nSPS) is 12.3. The monoisotopic (exact) mass is 252 g/mol. The van der Waals surface area contributed by atoms with Gasteiger partial charge in [0.05, 0.1) is 0 Å². The number of carbonyl (C=O) groups is 2. The van der Waals surface area contributed by atoms with E-state index >= 15 is 0 Å². The maximum Gasteiger partial charge on any atom is 0.322 e. The molecule has 0 aliphatic rings. The van der Waals surface area contributed by atoms with E-state index in [2.05, 4.69) is 0 Å². The van der Waals surface area contributed by atoms with Gasteiger partial charge in [0.15, 0.2) is 0 Å². The fourth-order valence-corrected chi connectivity index (χ4v) is 1.60. The molecule has 0 aromatic heterocycles. The second kappa shape index (κ2) is 6.73. The molecule has 98 valence electrons. The predicted octanol–water partition coefficient (Wildman–Crippen LogP) is 0.680. The molecule has 1 rings (SSSR count). The highest BCUT2D eigenvalue weighted by Crippen LogP contribution is 2.09. The Bertz CT molecular complexity index is 408. The van der Waals surface area contributed by atoms with E-state index in [-0.39, 0.29) is 19.4 Å². The number of aliphatic carboxylic acids is 2. The van der Waals surface area contributed by atoms with E-state index in [0.717, 1.165) is 10.6 Å². The highest BCUT2D eigenvalue weighted by molar-refractivity contribution is 5.75. The van der Waals surface area contributed by atoms with Crippen molar-refractivity contribution in [3.8, 4) is 0 Å². The van der Waals surface area contributed by atoms with E-state index in [4.69, 9.17) is 16.1 Å². The zero-order valence-electron chi connectivity index (χ0n) is 9.82. The van der Waals surface area contributed by atoms with Gasteiger partial charge in [-0.3, -0.25) is 15.4 Å². The number of carboxylic acids is 2. The van der Waals surface area contributed by atoms with E-state index in [1.165, 1.54) is 0 Å². The van der Waals surface area contributed by atoms with Crippen molar-refractivity contribution in [2.24, 2.45) is 5.84 Å². The summed E-state index contributed by atoms with van der Waals surface area (Å²) < 4.78 is 0. The van der Waals surface area contributed by atoms with Crippen LogP contribution in [0.2, 0.25) is 0 Å². The van der Waals surface area contributed by atoms with Crippen molar-refractivity contribution in [1.29, 1.82) is 0 Å². The molecule has 1 aromatic carbocycles. The standard InChI is InChI=1S/C12H16N2O4/c13-14(8-9-4-2-1-3-5-9)10(12(17)18)6-7-11(15)16/h1-5,10H,6-8,13H2,(H,15,16)(H,17,18). The van der Waals surface area contributed by atoms with Crippen LogP contribution in [-0.4, -0.2) is 33.2 Å². The third-order valence-electron chi connectivity index (χ3n) is 2.53. The first-order valence-corrected chi connectivity index (χ1v) is 5.50. The van der Waals surface area contributed by atoms with Crippen molar-refractivity contribution in [3.05, 3.63) is 35.9 Å². The van der Waals surface area contributed by atoms with Gasteiger partial charge in [-0.25, -0.2) is 5.01 Å². The van der Waals surface area contributed by atoms with E-state index in [1.54, 1.807) is 0 Å². The molecule has 1 atom stereocenters. The molecular weight excluding hydrogens is 236 g/mol. The van der Waals surface area contributed by atoms with Crippen LogP contribution >= 0.6 is 0 Å². The minimum Gasteiger partial charge on any atom is -0.481 e. The molecule has 0 spiro atoms. The number of nitrogens with two attached hydrogens (primary N) is 1. The van der Waals surface area contributed by atoms with Gasteiger partial charge in [0.2, 0.25) is 0 Å². The Hall–Kier alpha value is -1.92. The summed E-state index contributed by atoms with van der Waals surface area (Å²) in [5.41, 5.74) is 0.876. The summed E-state index contributed by atoms with van der Waals surface area (Å²) >= 11 is 0. The summed E-state index contributed by atoms with van der Waals surface area (Å²) in [5, 5.41) is 18.7. The van der Waals surface area contributed by atoms with Gasteiger partial charge in [-0.15, -0.1) is 0 Å². The molecule has 0 saturated carbocycles. The fourth-order valence-electron chi connectivity index (χ4n) is 1.60. The van der Waals surface area contributed by atoms with Crippen LogP contribution < -0.4 is 5.84 Å². The Morgan fingerprint density at radius 1 is 1.22 bits per heavy atom. The Morgan fingerprint density at radius 3 is 2.33 bits per heavy atom. The van der Waals surface area contributed by atoms with Crippen molar-refractivity contribution in [1.82, 2.24) is 5.01 Å². The van der Waals surface area contributed by atoms with Crippen molar-refractivity contribution in [2.45, 2.75) is 25.4 Å². The van der Waals surface area contributed by atoms with Crippen LogP contribution in [0.3, 0.4) is 0 Å². The quantitative estimate of drug-likeness (QED) is 0.487. The van der Waals surface area contributed by atoms with Gasteiger partial charge in [-0.05, 0) is 12.0 Å². The molecule has 0 amide bonds. The summed E-state index contributed by atoms with van der Waals surface area (Å²) in [5.74, 6) is 3.55. The van der Waals surface area contributed by atoms with Gasteiger partial charge in [0, 0.05) is 13.0 Å². The average molecular weight is 252 g/mol. The Kier molecular flexibility index (Phi) is 5.29. The maximum absolute atomic E-state index is 11.0. The molecule has 18 heavy (non-hydrogen) atoms. The number of nitrogens with zero attached hydrogens (tertiary/aromatic N) is 1. The van der Waals surface area contributed by atoms with Crippen LogP contribution in [0.15, 0.2) is 30.3 Å². The molecule has 1 unspecified atom stereocenters. The number of benzene rings is 1. The number of hydrogen-bond donors (Lipinski definition) is 3. The molecule has 6 heteroatoms. The van der Waals surface area contributed by atoms with E-state index in [0.29, 0.717) is 0 Å². The molecule has 0 radical (unpaired) electrons. The molecule has 0 saturated heterocycles. The topological polar surface area (TPSA) is 104 Å². The van der Waals surface area contributed by atoms with Crippen LogP contribution in [0.5, 0.6) is 0 Å². The first-order valence-electron chi connectivity index (χ1n) is 5.50. The zero-order chi connectivity index (χ0) is 13.5. The highest BCUT2D eigenvalue weighted by Gasteiger charge is 2.24. The minimum atomic E-state index is -1.12. The molecule has 6 nitrogen and oxygen atoms in total. The van der Waals surface area contributed by atoms with E-state index < -0.39 is 18.0 Å². The lowest BCUT2D eigenvalue weighted by molar-refractivity contribution is -0.144. The second-order valence-corrected chi connectivity index (χ2v) is 3.94. The zero-order valence-corrected chi connectivity index (χ0v) is 9.82. The van der Waals surface area contributed by atoms with Crippen molar-refractivity contribution in [3.63, 3.8) is 0 Å². The van der Waals surface area contributed by atoms with Crippen LogP contribution in [0.25, 0.3) is 0 Å². The molecule has 1 aromatic rings. The van der Waals surface area contributed by atoms with Gasteiger partial charge in [0.1, 0.15) is 6.04 Å². The fraction of sp³-hybridized carbons (Fsp3) is 0.333. The van der Waals surface area contributed by atoms with Crippen molar-refractivity contribution >= 4 is 11.9 Å². The molecule has 0 fully saturated rings. The number of carboxylic acid groups (broad SMARTS) is 2. The summed E-state index contributed by atoms with van der Waals surface area (Å²) in [6.45, 7) is 0.261. The molecule has 0 heterocycles. The third kappa shape index (κ3) is 4.52. The van der Waals surface area contributed by atoms with Gasteiger partial charge < -0.3 is 10.2 Å². The maximum atomic E-state index is 11.0. The lowest BCUT2D eigenvalue weighted by atomic mass is 10.1. The number of hydrogen-bond acceptors (Lipinski definition) is 4.